The van der Waals surface area contributed by atoms with E-state index in [1.54, 1.807) is 6.92 Å². The number of ketones is 2. The van der Waals surface area contributed by atoms with Crippen molar-refractivity contribution >= 4 is 11.6 Å². The predicted octanol–water partition coefficient (Wildman–Crippen LogP) is 1.51. The Bertz CT molecular complexity index is 703. The Morgan fingerprint density at radius 2 is 1.91 bits per heavy atom. The molecule has 0 unspecified atom stereocenters. The fraction of sp³-hybridized carbons (Fsp3) is 0.375. The van der Waals surface area contributed by atoms with Crippen molar-refractivity contribution in [2.45, 2.75) is 25.7 Å². The van der Waals surface area contributed by atoms with Gasteiger partial charge in [-0.1, -0.05) is 0 Å². The Kier molecular flexibility index (Phi) is 3.50. The summed E-state index contributed by atoms with van der Waals surface area (Å²) < 4.78 is 15.6. The highest BCUT2D eigenvalue weighted by Gasteiger charge is 2.41. The zero-order valence-electron chi connectivity index (χ0n) is 12.5. The van der Waals surface area contributed by atoms with Gasteiger partial charge in [-0.25, -0.2) is 0 Å². The molecule has 2 atom stereocenters. The van der Waals surface area contributed by atoms with Gasteiger partial charge in [-0.05, 0) is 13.0 Å². The molecule has 0 saturated heterocycles. The maximum absolute atomic E-state index is 12.7. The van der Waals surface area contributed by atoms with E-state index in [1.165, 1.54) is 26.4 Å². The van der Waals surface area contributed by atoms with E-state index >= 15 is 0 Å². The van der Waals surface area contributed by atoms with Gasteiger partial charge in [-0.2, -0.15) is 0 Å². The summed E-state index contributed by atoms with van der Waals surface area (Å²) in [5.74, 6) is -0.0639. The zero-order chi connectivity index (χ0) is 16.0. The van der Waals surface area contributed by atoms with Crippen LogP contribution in [0.4, 0.5) is 0 Å². The number of hydrogen-bond acceptors (Lipinski definition) is 6. The van der Waals surface area contributed by atoms with Gasteiger partial charge in [0, 0.05) is 23.6 Å². The van der Waals surface area contributed by atoms with Crippen molar-refractivity contribution in [3.63, 3.8) is 0 Å². The third-order valence-electron chi connectivity index (χ3n) is 3.95. The molecule has 6 heteroatoms. The maximum atomic E-state index is 12.7. The van der Waals surface area contributed by atoms with Crippen LogP contribution in [0.2, 0.25) is 0 Å². The molecule has 0 bridgehead atoms. The second kappa shape index (κ2) is 5.23. The van der Waals surface area contributed by atoms with Gasteiger partial charge in [0.2, 0.25) is 0 Å². The number of aliphatic hydroxyl groups is 1. The monoisotopic (exact) mass is 304 g/mol. The van der Waals surface area contributed by atoms with Crippen LogP contribution in [0.1, 0.15) is 34.1 Å². The van der Waals surface area contributed by atoms with Crippen LogP contribution in [0.3, 0.4) is 0 Å². The highest BCUT2D eigenvalue weighted by atomic mass is 16.6. The van der Waals surface area contributed by atoms with Gasteiger partial charge in [0.1, 0.15) is 11.5 Å². The van der Waals surface area contributed by atoms with E-state index in [2.05, 4.69) is 0 Å². The van der Waals surface area contributed by atoms with Crippen molar-refractivity contribution in [2.75, 3.05) is 14.2 Å². The third-order valence-corrected chi connectivity index (χ3v) is 3.95. The summed E-state index contributed by atoms with van der Waals surface area (Å²) in [6.45, 7) is 1.74. The van der Waals surface area contributed by atoms with E-state index in [-0.39, 0.29) is 40.8 Å². The number of rotatable bonds is 2. The lowest BCUT2D eigenvalue weighted by Crippen LogP contribution is -2.37. The lowest BCUT2D eigenvalue weighted by atomic mass is 9.80. The molecule has 2 aliphatic rings. The number of carbonyl (C=O) groups is 2. The summed E-state index contributed by atoms with van der Waals surface area (Å²) in [7, 11) is 2.88. The molecule has 0 saturated carbocycles. The Balaban J connectivity index is 2.24. The number of methoxy groups -OCH3 is 2. The Labute approximate surface area is 127 Å². The molecule has 116 valence electrons. The molecule has 0 spiro atoms. The van der Waals surface area contributed by atoms with Gasteiger partial charge in [0.05, 0.1) is 31.5 Å². The van der Waals surface area contributed by atoms with Crippen LogP contribution >= 0.6 is 0 Å². The smallest absolute Gasteiger partial charge is 0.198 e. The number of benzene rings is 1. The SMILES string of the molecule is COc1cc(OC)c2c(c1)C(=O)C1=C(C2=O)[C@@H](O)O[C@H](C)C1. The lowest BCUT2D eigenvalue weighted by molar-refractivity contribution is -0.112. The molecule has 22 heavy (non-hydrogen) atoms. The summed E-state index contributed by atoms with van der Waals surface area (Å²) in [6.07, 6.45) is -1.44. The average Bonchev–Trinajstić information content (AvgIpc) is 2.50. The molecule has 6 nitrogen and oxygen atoms in total. The van der Waals surface area contributed by atoms with Gasteiger partial charge >= 0.3 is 0 Å². The fourth-order valence-electron chi connectivity index (χ4n) is 2.93. The molecular formula is C16H16O6. The molecule has 0 aromatic heterocycles. The minimum atomic E-state index is -1.39. The van der Waals surface area contributed by atoms with Crippen LogP contribution in [-0.2, 0) is 4.74 Å². The Morgan fingerprint density at radius 3 is 2.55 bits per heavy atom. The minimum absolute atomic E-state index is 0.0130. The van der Waals surface area contributed by atoms with E-state index in [1.807, 2.05) is 0 Å². The van der Waals surface area contributed by atoms with E-state index in [0.29, 0.717) is 11.3 Å². The van der Waals surface area contributed by atoms with Crippen molar-refractivity contribution in [1.82, 2.24) is 0 Å². The minimum Gasteiger partial charge on any atom is -0.497 e. The van der Waals surface area contributed by atoms with Crippen LogP contribution in [-0.4, -0.2) is 43.3 Å². The molecule has 1 aromatic carbocycles. The summed E-state index contributed by atoms with van der Waals surface area (Å²) in [6, 6.07) is 3.06. The van der Waals surface area contributed by atoms with Gasteiger partial charge in [0.25, 0.3) is 0 Å². The number of Topliss-reactive ketones (excluding diaryl/α,β-unsaturated/α-hetero) is 2. The van der Waals surface area contributed by atoms with E-state index < -0.39 is 12.1 Å². The van der Waals surface area contributed by atoms with Crippen LogP contribution in [0.5, 0.6) is 11.5 Å². The largest absolute Gasteiger partial charge is 0.497 e. The van der Waals surface area contributed by atoms with Crippen molar-refractivity contribution < 1.29 is 28.9 Å². The maximum Gasteiger partial charge on any atom is 0.198 e. The first-order valence-corrected chi connectivity index (χ1v) is 6.90. The van der Waals surface area contributed by atoms with E-state index in [4.69, 9.17) is 14.2 Å². The van der Waals surface area contributed by atoms with Gasteiger partial charge in [-0.3, -0.25) is 9.59 Å². The quantitative estimate of drug-likeness (QED) is 0.892. The molecule has 3 rings (SSSR count). The van der Waals surface area contributed by atoms with Crippen LogP contribution in [0, 0.1) is 0 Å². The molecule has 1 aliphatic heterocycles. The van der Waals surface area contributed by atoms with Crippen LogP contribution in [0.25, 0.3) is 0 Å². The molecule has 1 N–H and O–H groups in total. The second-order valence-corrected chi connectivity index (χ2v) is 5.31. The summed E-state index contributed by atoms with van der Waals surface area (Å²) in [5, 5.41) is 10.0. The Morgan fingerprint density at radius 1 is 1.18 bits per heavy atom. The number of aliphatic hydroxyl groups excluding tert-OH is 1. The van der Waals surface area contributed by atoms with Gasteiger partial charge < -0.3 is 19.3 Å². The molecule has 0 fully saturated rings. The van der Waals surface area contributed by atoms with Gasteiger partial charge in [-0.15, -0.1) is 0 Å². The summed E-state index contributed by atoms with van der Waals surface area (Å²) >= 11 is 0. The first-order valence-electron chi connectivity index (χ1n) is 6.90. The fourth-order valence-corrected chi connectivity index (χ4v) is 2.93. The molecule has 0 radical (unpaired) electrons. The second-order valence-electron chi connectivity index (χ2n) is 5.31. The number of hydrogen-bond donors (Lipinski definition) is 1. The number of fused-ring (bicyclic) bond motifs is 1. The highest BCUT2D eigenvalue weighted by molar-refractivity contribution is 6.28. The molecular weight excluding hydrogens is 288 g/mol. The predicted molar refractivity (Wildman–Crippen MR) is 76.4 cm³/mol. The topological polar surface area (TPSA) is 82.1 Å². The van der Waals surface area contributed by atoms with Crippen molar-refractivity contribution in [3.05, 3.63) is 34.4 Å². The van der Waals surface area contributed by atoms with Crippen LogP contribution in [0.15, 0.2) is 23.3 Å². The normalized spacial score (nSPS) is 24.0. The Hall–Kier alpha value is -2.18. The molecule has 1 heterocycles. The first-order chi connectivity index (χ1) is 10.5. The van der Waals surface area contributed by atoms with E-state index in [0.717, 1.165) is 0 Å². The highest BCUT2D eigenvalue weighted by Crippen LogP contribution is 2.40. The van der Waals surface area contributed by atoms with Crippen molar-refractivity contribution in [2.24, 2.45) is 0 Å². The summed E-state index contributed by atoms with van der Waals surface area (Å²) in [4.78, 5) is 25.5. The molecule has 1 aliphatic carbocycles. The third kappa shape index (κ3) is 2.03. The zero-order valence-corrected chi connectivity index (χ0v) is 12.5. The summed E-state index contributed by atoms with van der Waals surface area (Å²) in [5.41, 5.74) is 0.698. The van der Waals surface area contributed by atoms with Gasteiger partial charge in [0.15, 0.2) is 17.9 Å². The first kappa shape index (κ1) is 14.7. The van der Waals surface area contributed by atoms with Crippen molar-refractivity contribution in [1.29, 1.82) is 0 Å². The van der Waals surface area contributed by atoms with E-state index in [9.17, 15) is 14.7 Å². The lowest BCUT2D eigenvalue weighted by Gasteiger charge is -2.32. The van der Waals surface area contributed by atoms with Crippen LogP contribution < -0.4 is 9.47 Å². The molecule has 0 amide bonds. The number of carbonyl (C=O) groups excluding carboxylic acids is 2. The standard InChI is InChI=1S/C16H16O6/c1-7-4-9-13(16(19)22-7)15(18)12-10(14(9)17)5-8(20-2)6-11(12)21-3/h5-7,16,19H,4H2,1-3H3/t7-,16+/m1/s1. The van der Waals surface area contributed by atoms with Crippen molar-refractivity contribution in [3.8, 4) is 11.5 Å². The molecule has 1 aromatic rings. The number of ether oxygens (including phenoxy) is 3. The average molecular weight is 304 g/mol.